The molecule has 4 heteroatoms. The second-order valence-electron chi connectivity index (χ2n) is 5.02. The summed E-state index contributed by atoms with van der Waals surface area (Å²) in [5, 5.41) is 4.37. The molecular formula is C17H18N4. The maximum Gasteiger partial charge on any atom is 0.223 e. The number of benzene rings is 2. The molecule has 0 aliphatic rings. The first-order valence-electron chi connectivity index (χ1n) is 7.01. The number of nitrogens with one attached hydrogen (secondary N) is 1. The number of para-hydroxylation sites is 1. The molecule has 3 N–H and O–H groups in total. The normalized spacial score (nSPS) is 10.8. The van der Waals surface area contributed by atoms with E-state index in [4.69, 9.17) is 5.73 Å². The van der Waals surface area contributed by atoms with E-state index in [1.165, 1.54) is 5.56 Å². The van der Waals surface area contributed by atoms with Crippen molar-refractivity contribution in [2.75, 3.05) is 5.32 Å². The van der Waals surface area contributed by atoms with Crippen molar-refractivity contribution in [3.63, 3.8) is 0 Å². The average molecular weight is 278 g/mol. The standard InChI is InChI=1S/C17H18N4/c1-12-15-4-2-3-5-16(15)21-17(20-12)19-11-14-8-6-13(10-18)7-9-14/h2-9H,10-11,18H2,1H3,(H,19,20,21). The fourth-order valence-corrected chi connectivity index (χ4v) is 2.29. The van der Waals surface area contributed by atoms with Gasteiger partial charge in [0.25, 0.3) is 0 Å². The van der Waals surface area contributed by atoms with Gasteiger partial charge < -0.3 is 11.1 Å². The highest BCUT2D eigenvalue weighted by atomic mass is 15.1. The SMILES string of the molecule is Cc1nc(NCc2ccc(CN)cc2)nc2ccccc12. The summed E-state index contributed by atoms with van der Waals surface area (Å²) in [6.45, 7) is 3.27. The smallest absolute Gasteiger partial charge is 0.223 e. The quantitative estimate of drug-likeness (QED) is 0.770. The van der Waals surface area contributed by atoms with Crippen molar-refractivity contribution in [1.29, 1.82) is 0 Å². The van der Waals surface area contributed by atoms with Crippen LogP contribution < -0.4 is 11.1 Å². The molecule has 0 saturated heterocycles. The molecule has 0 amide bonds. The Bertz CT molecular complexity index is 750. The number of fused-ring (bicyclic) bond motifs is 1. The summed E-state index contributed by atoms with van der Waals surface area (Å²) in [5.74, 6) is 0.661. The third-order valence-corrected chi connectivity index (χ3v) is 3.50. The fourth-order valence-electron chi connectivity index (χ4n) is 2.29. The molecule has 1 heterocycles. The van der Waals surface area contributed by atoms with Crippen molar-refractivity contribution < 1.29 is 0 Å². The second kappa shape index (κ2) is 5.89. The van der Waals surface area contributed by atoms with E-state index in [0.717, 1.165) is 22.2 Å². The molecule has 2 aromatic carbocycles. The van der Waals surface area contributed by atoms with Crippen LogP contribution in [0, 0.1) is 6.92 Å². The number of aryl methyl sites for hydroxylation is 1. The van der Waals surface area contributed by atoms with Crippen LogP contribution in [0.3, 0.4) is 0 Å². The molecule has 4 nitrogen and oxygen atoms in total. The van der Waals surface area contributed by atoms with Crippen molar-refractivity contribution in [3.05, 3.63) is 65.4 Å². The maximum absolute atomic E-state index is 5.60. The van der Waals surface area contributed by atoms with E-state index >= 15 is 0 Å². The zero-order valence-corrected chi connectivity index (χ0v) is 12.0. The molecule has 0 aliphatic carbocycles. The largest absolute Gasteiger partial charge is 0.350 e. The third kappa shape index (κ3) is 3.01. The first kappa shape index (κ1) is 13.5. The van der Waals surface area contributed by atoms with Crippen LogP contribution in [-0.2, 0) is 13.1 Å². The van der Waals surface area contributed by atoms with Gasteiger partial charge >= 0.3 is 0 Å². The Hall–Kier alpha value is -2.46. The van der Waals surface area contributed by atoms with Crippen molar-refractivity contribution in [2.24, 2.45) is 5.73 Å². The molecule has 0 spiro atoms. The number of rotatable bonds is 4. The summed E-state index contributed by atoms with van der Waals surface area (Å²) in [7, 11) is 0. The predicted octanol–water partition coefficient (Wildman–Crippen LogP) is 3.01. The van der Waals surface area contributed by atoms with Crippen molar-refractivity contribution in [2.45, 2.75) is 20.0 Å². The van der Waals surface area contributed by atoms with Gasteiger partial charge in [0.1, 0.15) is 0 Å². The molecular weight excluding hydrogens is 260 g/mol. The Balaban J connectivity index is 1.78. The Kier molecular flexibility index (Phi) is 3.79. The predicted molar refractivity (Wildman–Crippen MR) is 85.9 cm³/mol. The van der Waals surface area contributed by atoms with Gasteiger partial charge in [-0.3, -0.25) is 0 Å². The van der Waals surface area contributed by atoms with E-state index in [2.05, 4.69) is 27.4 Å². The summed E-state index contributed by atoms with van der Waals surface area (Å²) in [4.78, 5) is 9.05. The average Bonchev–Trinajstić information content (AvgIpc) is 2.53. The van der Waals surface area contributed by atoms with Crippen LogP contribution in [0.15, 0.2) is 48.5 Å². The van der Waals surface area contributed by atoms with Gasteiger partial charge in [-0.05, 0) is 24.1 Å². The molecule has 0 saturated carbocycles. The molecule has 0 bridgehead atoms. The molecule has 0 radical (unpaired) electrons. The lowest BCUT2D eigenvalue weighted by atomic mass is 10.1. The van der Waals surface area contributed by atoms with Crippen molar-refractivity contribution in [1.82, 2.24) is 9.97 Å². The minimum Gasteiger partial charge on any atom is -0.350 e. The van der Waals surface area contributed by atoms with Crippen molar-refractivity contribution in [3.8, 4) is 0 Å². The van der Waals surface area contributed by atoms with Gasteiger partial charge in [0.05, 0.1) is 11.2 Å². The van der Waals surface area contributed by atoms with Crippen LogP contribution >= 0.6 is 0 Å². The van der Waals surface area contributed by atoms with Crippen LogP contribution in [0.4, 0.5) is 5.95 Å². The summed E-state index contributed by atoms with van der Waals surface area (Å²) in [6.07, 6.45) is 0. The van der Waals surface area contributed by atoms with Crippen LogP contribution in [0.1, 0.15) is 16.8 Å². The van der Waals surface area contributed by atoms with Crippen LogP contribution in [0.25, 0.3) is 10.9 Å². The first-order chi connectivity index (χ1) is 10.3. The van der Waals surface area contributed by atoms with E-state index < -0.39 is 0 Å². The molecule has 3 rings (SSSR count). The van der Waals surface area contributed by atoms with Crippen LogP contribution in [0.5, 0.6) is 0 Å². The van der Waals surface area contributed by atoms with Crippen molar-refractivity contribution >= 4 is 16.9 Å². The van der Waals surface area contributed by atoms with E-state index in [1.807, 2.05) is 43.3 Å². The van der Waals surface area contributed by atoms with Gasteiger partial charge in [-0.1, -0.05) is 42.5 Å². The zero-order chi connectivity index (χ0) is 14.7. The summed E-state index contributed by atoms with van der Waals surface area (Å²) >= 11 is 0. The summed E-state index contributed by atoms with van der Waals surface area (Å²) in [5.41, 5.74) is 9.87. The highest BCUT2D eigenvalue weighted by Crippen LogP contribution is 2.17. The minimum atomic E-state index is 0.570. The van der Waals surface area contributed by atoms with E-state index in [1.54, 1.807) is 0 Å². The lowest BCUT2D eigenvalue weighted by Gasteiger charge is -2.08. The van der Waals surface area contributed by atoms with Gasteiger partial charge in [-0.2, -0.15) is 0 Å². The number of nitrogens with two attached hydrogens (primary N) is 1. The number of anilines is 1. The lowest BCUT2D eigenvalue weighted by molar-refractivity contribution is 1.04. The lowest BCUT2D eigenvalue weighted by Crippen LogP contribution is -2.05. The highest BCUT2D eigenvalue weighted by Gasteiger charge is 2.03. The Morgan fingerprint density at radius 3 is 2.43 bits per heavy atom. The highest BCUT2D eigenvalue weighted by molar-refractivity contribution is 5.81. The summed E-state index contributed by atoms with van der Waals surface area (Å²) < 4.78 is 0. The molecule has 0 fully saturated rings. The Labute approximate surface area is 124 Å². The molecule has 21 heavy (non-hydrogen) atoms. The molecule has 0 unspecified atom stereocenters. The number of nitrogens with zero attached hydrogens (tertiary/aromatic N) is 2. The zero-order valence-electron chi connectivity index (χ0n) is 12.0. The second-order valence-corrected chi connectivity index (χ2v) is 5.02. The van der Waals surface area contributed by atoms with E-state index in [9.17, 15) is 0 Å². The number of hydrogen-bond donors (Lipinski definition) is 2. The van der Waals surface area contributed by atoms with Crippen LogP contribution in [0.2, 0.25) is 0 Å². The molecule has 106 valence electrons. The maximum atomic E-state index is 5.60. The summed E-state index contributed by atoms with van der Waals surface area (Å²) in [6, 6.07) is 16.3. The van der Waals surface area contributed by atoms with E-state index in [-0.39, 0.29) is 0 Å². The number of hydrogen-bond acceptors (Lipinski definition) is 4. The van der Waals surface area contributed by atoms with Gasteiger partial charge in [0, 0.05) is 18.5 Å². The van der Waals surface area contributed by atoms with Gasteiger partial charge in [0.15, 0.2) is 0 Å². The Morgan fingerprint density at radius 1 is 0.952 bits per heavy atom. The fraction of sp³-hybridized carbons (Fsp3) is 0.176. The van der Waals surface area contributed by atoms with E-state index in [0.29, 0.717) is 19.0 Å². The topological polar surface area (TPSA) is 63.8 Å². The Morgan fingerprint density at radius 2 is 1.67 bits per heavy atom. The molecule has 3 aromatic rings. The minimum absolute atomic E-state index is 0.570. The molecule has 0 aliphatic heterocycles. The monoisotopic (exact) mass is 278 g/mol. The van der Waals surface area contributed by atoms with Crippen LogP contribution in [-0.4, -0.2) is 9.97 Å². The third-order valence-electron chi connectivity index (χ3n) is 3.50. The van der Waals surface area contributed by atoms with Gasteiger partial charge in [-0.25, -0.2) is 9.97 Å². The molecule has 1 aromatic heterocycles. The molecule has 0 atom stereocenters. The number of aromatic nitrogens is 2. The first-order valence-corrected chi connectivity index (χ1v) is 7.01. The van der Waals surface area contributed by atoms with Gasteiger partial charge in [-0.15, -0.1) is 0 Å². The van der Waals surface area contributed by atoms with Gasteiger partial charge in [0.2, 0.25) is 5.95 Å².